The highest BCUT2D eigenvalue weighted by atomic mass is 19.2. The second-order valence-electron chi connectivity index (χ2n) is 4.01. The maximum Gasteiger partial charge on any atom is 0.164 e. The molecule has 16 heavy (non-hydrogen) atoms. The zero-order valence-corrected chi connectivity index (χ0v) is 9.17. The SMILES string of the molecule is CNC1CCOC(c2cccc(F)c2F)C1. The molecule has 0 saturated carbocycles. The second kappa shape index (κ2) is 4.89. The van der Waals surface area contributed by atoms with Gasteiger partial charge < -0.3 is 10.1 Å². The molecule has 1 fully saturated rings. The zero-order chi connectivity index (χ0) is 11.5. The molecular weight excluding hydrogens is 212 g/mol. The molecule has 1 aliphatic rings. The van der Waals surface area contributed by atoms with Crippen LogP contribution in [0.4, 0.5) is 8.78 Å². The minimum atomic E-state index is -0.812. The van der Waals surface area contributed by atoms with E-state index in [-0.39, 0.29) is 6.10 Å². The highest BCUT2D eigenvalue weighted by Gasteiger charge is 2.25. The molecule has 4 heteroatoms. The maximum atomic E-state index is 13.5. The van der Waals surface area contributed by atoms with Gasteiger partial charge in [-0.2, -0.15) is 0 Å². The van der Waals surface area contributed by atoms with Crippen LogP contribution in [0, 0.1) is 11.6 Å². The van der Waals surface area contributed by atoms with Crippen LogP contribution in [0.15, 0.2) is 18.2 Å². The van der Waals surface area contributed by atoms with E-state index < -0.39 is 11.6 Å². The Balaban J connectivity index is 2.20. The molecule has 0 aliphatic carbocycles. The molecule has 2 atom stereocenters. The Bertz CT molecular complexity index is 370. The average Bonchev–Trinajstić information content (AvgIpc) is 2.33. The van der Waals surface area contributed by atoms with Gasteiger partial charge in [0.1, 0.15) is 0 Å². The van der Waals surface area contributed by atoms with Gasteiger partial charge in [0.05, 0.1) is 6.10 Å². The first kappa shape index (κ1) is 11.5. The highest BCUT2D eigenvalue weighted by Crippen LogP contribution is 2.30. The van der Waals surface area contributed by atoms with E-state index in [1.54, 1.807) is 6.07 Å². The Morgan fingerprint density at radius 3 is 2.94 bits per heavy atom. The van der Waals surface area contributed by atoms with E-state index in [4.69, 9.17) is 4.74 Å². The predicted octanol–water partition coefficient (Wildman–Crippen LogP) is 2.40. The normalized spacial score (nSPS) is 25.7. The van der Waals surface area contributed by atoms with Crippen LogP contribution in [0.3, 0.4) is 0 Å². The monoisotopic (exact) mass is 227 g/mol. The van der Waals surface area contributed by atoms with E-state index in [0.717, 1.165) is 12.5 Å². The van der Waals surface area contributed by atoms with Gasteiger partial charge in [0.15, 0.2) is 11.6 Å². The first-order valence-corrected chi connectivity index (χ1v) is 5.45. The molecule has 1 saturated heterocycles. The van der Waals surface area contributed by atoms with Gasteiger partial charge in [0.2, 0.25) is 0 Å². The van der Waals surface area contributed by atoms with E-state index in [1.165, 1.54) is 6.07 Å². The van der Waals surface area contributed by atoms with Gasteiger partial charge in [0.25, 0.3) is 0 Å². The van der Waals surface area contributed by atoms with E-state index in [0.29, 0.717) is 24.6 Å². The lowest BCUT2D eigenvalue weighted by atomic mass is 9.97. The van der Waals surface area contributed by atoms with Crippen LogP contribution in [-0.2, 0) is 4.74 Å². The van der Waals surface area contributed by atoms with Crippen molar-refractivity contribution in [3.63, 3.8) is 0 Å². The molecule has 2 nitrogen and oxygen atoms in total. The topological polar surface area (TPSA) is 21.3 Å². The summed E-state index contributed by atoms with van der Waals surface area (Å²) in [4.78, 5) is 0. The number of hydrogen-bond acceptors (Lipinski definition) is 2. The number of nitrogens with one attached hydrogen (secondary N) is 1. The fourth-order valence-corrected chi connectivity index (χ4v) is 2.04. The lowest BCUT2D eigenvalue weighted by Gasteiger charge is -2.29. The Hall–Kier alpha value is -1.00. The number of hydrogen-bond donors (Lipinski definition) is 1. The van der Waals surface area contributed by atoms with Gasteiger partial charge >= 0.3 is 0 Å². The molecule has 1 heterocycles. The Morgan fingerprint density at radius 2 is 2.19 bits per heavy atom. The second-order valence-corrected chi connectivity index (χ2v) is 4.01. The third kappa shape index (κ3) is 2.23. The zero-order valence-electron chi connectivity index (χ0n) is 9.17. The first-order chi connectivity index (χ1) is 7.72. The molecule has 1 N–H and O–H groups in total. The van der Waals surface area contributed by atoms with E-state index in [9.17, 15) is 8.78 Å². The average molecular weight is 227 g/mol. The Kier molecular flexibility index (Phi) is 3.51. The van der Waals surface area contributed by atoms with Gasteiger partial charge in [-0.05, 0) is 26.0 Å². The summed E-state index contributed by atoms with van der Waals surface area (Å²) in [5.74, 6) is -1.60. The van der Waals surface area contributed by atoms with Crippen molar-refractivity contribution in [1.29, 1.82) is 0 Å². The molecule has 2 unspecified atom stereocenters. The Labute approximate surface area is 93.6 Å². The highest BCUT2D eigenvalue weighted by molar-refractivity contribution is 5.22. The molecule has 2 rings (SSSR count). The molecule has 0 bridgehead atoms. The minimum absolute atomic E-state index is 0.307. The summed E-state index contributed by atoms with van der Waals surface area (Å²) in [6.07, 6.45) is 1.24. The maximum absolute atomic E-state index is 13.5. The van der Waals surface area contributed by atoms with Crippen molar-refractivity contribution in [2.75, 3.05) is 13.7 Å². The van der Waals surface area contributed by atoms with Crippen LogP contribution >= 0.6 is 0 Å². The quantitative estimate of drug-likeness (QED) is 0.837. The molecular formula is C12H15F2NO. The third-order valence-corrected chi connectivity index (χ3v) is 3.02. The van der Waals surface area contributed by atoms with Crippen molar-refractivity contribution in [2.45, 2.75) is 25.0 Å². The number of ether oxygens (including phenoxy) is 1. The first-order valence-electron chi connectivity index (χ1n) is 5.45. The van der Waals surface area contributed by atoms with Gasteiger partial charge in [-0.25, -0.2) is 8.78 Å². The van der Waals surface area contributed by atoms with Crippen molar-refractivity contribution in [3.05, 3.63) is 35.4 Å². The molecule has 0 amide bonds. The van der Waals surface area contributed by atoms with E-state index in [2.05, 4.69) is 5.32 Å². The summed E-state index contributed by atoms with van der Waals surface area (Å²) in [5.41, 5.74) is 0.319. The third-order valence-electron chi connectivity index (χ3n) is 3.02. The van der Waals surface area contributed by atoms with Crippen LogP contribution in [0.5, 0.6) is 0 Å². The molecule has 88 valence electrons. The van der Waals surface area contributed by atoms with Crippen molar-refractivity contribution >= 4 is 0 Å². The van der Waals surface area contributed by atoms with Gasteiger partial charge in [-0.15, -0.1) is 0 Å². The molecule has 0 aromatic heterocycles. The van der Waals surface area contributed by atoms with E-state index in [1.807, 2.05) is 7.05 Å². The molecule has 1 aromatic rings. The summed E-state index contributed by atoms with van der Waals surface area (Å²) in [6.45, 7) is 0.576. The summed E-state index contributed by atoms with van der Waals surface area (Å²) < 4.78 is 32.1. The standard InChI is InChI=1S/C12H15F2NO/c1-15-8-5-6-16-11(7-8)9-3-2-4-10(13)12(9)14/h2-4,8,11,15H,5-7H2,1H3. The van der Waals surface area contributed by atoms with Crippen molar-refractivity contribution < 1.29 is 13.5 Å². The lowest BCUT2D eigenvalue weighted by Crippen LogP contribution is -2.33. The lowest BCUT2D eigenvalue weighted by molar-refractivity contribution is -0.000744. The molecule has 0 spiro atoms. The predicted molar refractivity (Wildman–Crippen MR) is 57.1 cm³/mol. The van der Waals surface area contributed by atoms with Crippen molar-refractivity contribution in [3.8, 4) is 0 Å². The summed E-state index contributed by atoms with van der Waals surface area (Å²) in [7, 11) is 1.87. The van der Waals surface area contributed by atoms with Crippen LogP contribution < -0.4 is 5.32 Å². The van der Waals surface area contributed by atoms with Crippen molar-refractivity contribution in [2.24, 2.45) is 0 Å². The number of rotatable bonds is 2. The fraction of sp³-hybridized carbons (Fsp3) is 0.500. The molecule has 1 aliphatic heterocycles. The van der Waals surface area contributed by atoms with Crippen LogP contribution in [0.25, 0.3) is 0 Å². The summed E-state index contributed by atoms with van der Waals surface area (Å²) in [5, 5.41) is 3.14. The van der Waals surface area contributed by atoms with Crippen molar-refractivity contribution in [1.82, 2.24) is 5.32 Å². The Morgan fingerprint density at radius 1 is 1.38 bits per heavy atom. The smallest absolute Gasteiger partial charge is 0.164 e. The van der Waals surface area contributed by atoms with Crippen LogP contribution in [0.2, 0.25) is 0 Å². The van der Waals surface area contributed by atoms with Crippen LogP contribution in [0.1, 0.15) is 24.5 Å². The van der Waals surface area contributed by atoms with Gasteiger partial charge in [0, 0.05) is 18.2 Å². The van der Waals surface area contributed by atoms with Gasteiger partial charge in [-0.1, -0.05) is 12.1 Å². The molecule has 1 aromatic carbocycles. The minimum Gasteiger partial charge on any atom is -0.373 e. The number of halogens is 2. The van der Waals surface area contributed by atoms with Gasteiger partial charge in [-0.3, -0.25) is 0 Å². The summed E-state index contributed by atoms with van der Waals surface area (Å²) in [6, 6.07) is 4.53. The number of benzene rings is 1. The molecule has 0 radical (unpaired) electrons. The van der Waals surface area contributed by atoms with Crippen LogP contribution in [-0.4, -0.2) is 19.7 Å². The largest absolute Gasteiger partial charge is 0.373 e. The summed E-state index contributed by atoms with van der Waals surface area (Å²) >= 11 is 0. The fourth-order valence-electron chi connectivity index (χ4n) is 2.04. The van der Waals surface area contributed by atoms with E-state index >= 15 is 0 Å².